The fraction of sp³-hybridized carbons (Fsp3) is 0.133. The minimum absolute atomic E-state index is 0.187. The van der Waals surface area contributed by atoms with E-state index in [1.54, 1.807) is 0 Å². The molecule has 7 heteroatoms. The second-order valence-electron chi connectivity index (χ2n) is 5.09. The van der Waals surface area contributed by atoms with Crippen LogP contribution in [0.1, 0.15) is 11.1 Å². The molecule has 0 saturated carbocycles. The summed E-state index contributed by atoms with van der Waals surface area (Å²) >= 11 is 9.33. The predicted octanol–water partition coefficient (Wildman–Crippen LogP) is 5.17. The Balaban J connectivity index is 2.25. The summed E-state index contributed by atoms with van der Waals surface area (Å²) in [5, 5.41) is 2.03. The van der Waals surface area contributed by atoms with E-state index < -0.39 is 0 Å². The molecule has 2 aliphatic heterocycles. The molecule has 3 nitrogen and oxygen atoms in total. The lowest BCUT2D eigenvalue weighted by Gasteiger charge is -2.16. The van der Waals surface area contributed by atoms with Crippen LogP contribution in [0.3, 0.4) is 0 Å². The average molecular weight is 742 g/mol. The van der Waals surface area contributed by atoms with Gasteiger partial charge in [0.05, 0.1) is 6.42 Å². The van der Waals surface area contributed by atoms with Gasteiger partial charge in [-0.05, 0) is 90.4 Å². The molecule has 0 amide bonds. The Kier molecular flexibility index (Phi) is 4.09. The Morgan fingerprint density at radius 2 is 1.27 bits per heavy atom. The Bertz CT molecular complexity index is 842. The molecule has 0 aliphatic carbocycles. The normalized spacial score (nSPS) is 15.8. The Morgan fingerprint density at radius 3 is 1.86 bits per heavy atom. The van der Waals surface area contributed by atoms with Gasteiger partial charge < -0.3 is 9.47 Å². The summed E-state index contributed by atoms with van der Waals surface area (Å²) in [6, 6.07) is 0. The fourth-order valence-corrected chi connectivity index (χ4v) is 5.94. The molecule has 4 rings (SSSR count). The lowest BCUT2D eigenvalue weighted by atomic mass is 10.0. The molecule has 0 unspecified atom stereocenters. The van der Waals surface area contributed by atoms with Crippen LogP contribution in [0.25, 0.3) is 10.8 Å². The van der Waals surface area contributed by atoms with Crippen LogP contribution in [0, 0.1) is 14.3 Å². The first-order valence-electron chi connectivity index (χ1n) is 6.29. The molecular weight excluding hydrogens is 736 g/mol. The standard InChI is InChI=1S/C15H6I4O3/c1-4-2-5-10(16)13(19)9-8(14(5)21-4)12(18)11(17)6-3-7(20)22-15(6)9/h1-3H2. The van der Waals surface area contributed by atoms with Crippen molar-refractivity contribution < 1.29 is 14.3 Å². The zero-order valence-electron chi connectivity index (χ0n) is 10.9. The van der Waals surface area contributed by atoms with Gasteiger partial charge in [0.2, 0.25) is 0 Å². The number of benzene rings is 2. The van der Waals surface area contributed by atoms with Crippen LogP contribution < -0.4 is 9.47 Å². The minimum atomic E-state index is -0.187. The van der Waals surface area contributed by atoms with Crippen molar-refractivity contribution in [2.24, 2.45) is 0 Å². The second-order valence-corrected chi connectivity index (χ2v) is 9.40. The highest BCUT2D eigenvalue weighted by Gasteiger charge is 2.34. The van der Waals surface area contributed by atoms with Crippen LogP contribution in [-0.2, 0) is 17.6 Å². The van der Waals surface area contributed by atoms with E-state index in [0.29, 0.717) is 12.2 Å². The summed E-state index contributed by atoms with van der Waals surface area (Å²) in [6.07, 6.45) is 1.08. The van der Waals surface area contributed by atoms with Gasteiger partial charge >= 0.3 is 5.97 Å². The van der Waals surface area contributed by atoms with E-state index in [1.807, 2.05) is 0 Å². The van der Waals surface area contributed by atoms with Crippen molar-refractivity contribution >= 4 is 107 Å². The molecule has 2 aromatic carbocycles. The lowest BCUT2D eigenvalue weighted by molar-refractivity contribution is -0.131. The molecule has 0 saturated heterocycles. The first kappa shape index (κ1) is 16.1. The van der Waals surface area contributed by atoms with E-state index in [2.05, 4.69) is 96.9 Å². The predicted molar refractivity (Wildman–Crippen MR) is 118 cm³/mol. The summed E-state index contributed by atoms with van der Waals surface area (Å²) in [7, 11) is 0. The van der Waals surface area contributed by atoms with Gasteiger partial charge in [-0.1, -0.05) is 6.58 Å². The zero-order valence-corrected chi connectivity index (χ0v) is 19.5. The maximum absolute atomic E-state index is 11.8. The Morgan fingerprint density at radius 1 is 0.773 bits per heavy atom. The van der Waals surface area contributed by atoms with Crippen LogP contribution >= 0.6 is 90.4 Å². The molecule has 2 aromatic rings. The van der Waals surface area contributed by atoms with E-state index in [0.717, 1.165) is 48.5 Å². The SMILES string of the molecule is C=C1Cc2c(I)c(I)c3c4c(c(I)c(I)c3c2O1)CC(=O)O4. The summed E-state index contributed by atoms with van der Waals surface area (Å²) in [4.78, 5) is 11.8. The highest BCUT2D eigenvalue weighted by atomic mass is 127. The van der Waals surface area contributed by atoms with Crippen LogP contribution in [0.5, 0.6) is 11.5 Å². The van der Waals surface area contributed by atoms with E-state index in [4.69, 9.17) is 9.47 Å². The fourth-order valence-electron chi connectivity index (χ4n) is 2.84. The van der Waals surface area contributed by atoms with Crippen LogP contribution in [-0.4, -0.2) is 5.97 Å². The molecular formula is C15H6I4O3. The molecule has 0 spiro atoms. The number of esters is 1. The maximum atomic E-state index is 11.8. The number of hydrogen-bond donors (Lipinski definition) is 0. The van der Waals surface area contributed by atoms with Crippen molar-refractivity contribution in [1.82, 2.24) is 0 Å². The van der Waals surface area contributed by atoms with Crippen LogP contribution in [0.2, 0.25) is 0 Å². The van der Waals surface area contributed by atoms with Gasteiger partial charge in [-0.3, -0.25) is 4.79 Å². The van der Waals surface area contributed by atoms with E-state index in [1.165, 1.54) is 5.56 Å². The minimum Gasteiger partial charge on any atom is -0.461 e. The maximum Gasteiger partial charge on any atom is 0.315 e. The topological polar surface area (TPSA) is 35.5 Å². The number of carbonyl (C=O) groups is 1. The number of ether oxygens (including phenoxy) is 2. The summed E-state index contributed by atoms with van der Waals surface area (Å²) < 4.78 is 15.9. The molecule has 0 bridgehead atoms. The van der Waals surface area contributed by atoms with Gasteiger partial charge in [0.15, 0.2) is 0 Å². The van der Waals surface area contributed by atoms with Gasteiger partial charge in [-0.25, -0.2) is 0 Å². The van der Waals surface area contributed by atoms with E-state index in [-0.39, 0.29) is 5.97 Å². The van der Waals surface area contributed by atoms with Gasteiger partial charge in [0.1, 0.15) is 17.3 Å². The third-order valence-corrected chi connectivity index (χ3v) is 10.4. The van der Waals surface area contributed by atoms with Gasteiger partial charge in [0, 0.05) is 42.6 Å². The zero-order chi connectivity index (χ0) is 15.8. The highest BCUT2D eigenvalue weighted by molar-refractivity contribution is 14.1. The van der Waals surface area contributed by atoms with Crippen molar-refractivity contribution in [3.8, 4) is 11.5 Å². The van der Waals surface area contributed by atoms with Crippen LogP contribution in [0.4, 0.5) is 0 Å². The third kappa shape index (κ3) is 2.16. The van der Waals surface area contributed by atoms with Gasteiger partial charge in [-0.2, -0.15) is 0 Å². The van der Waals surface area contributed by atoms with Gasteiger partial charge in [0.25, 0.3) is 0 Å². The monoisotopic (exact) mass is 742 g/mol. The first-order chi connectivity index (χ1) is 10.4. The van der Waals surface area contributed by atoms with Crippen molar-refractivity contribution in [3.05, 3.63) is 37.7 Å². The van der Waals surface area contributed by atoms with Crippen molar-refractivity contribution in [2.45, 2.75) is 12.8 Å². The number of fused-ring (bicyclic) bond motifs is 5. The lowest BCUT2D eigenvalue weighted by Crippen LogP contribution is -2.01. The molecule has 0 aromatic heterocycles. The largest absolute Gasteiger partial charge is 0.461 e. The number of hydrogen-bond acceptors (Lipinski definition) is 3. The molecule has 2 heterocycles. The van der Waals surface area contributed by atoms with Crippen LogP contribution in [0.15, 0.2) is 12.3 Å². The second kappa shape index (κ2) is 5.58. The Labute approximate surface area is 181 Å². The highest BCUT2D eigenvalue weighted by Crippen LogP contribution is 2.51. The first-order valence-corrected chi connectivity index (χ1v) is 10.6. The van der Waals surface area contributed by atoms with Crippen molar-refractivity contribution in [2.75, 3.05) is 0 Å². The van der Waals surface area contributed by atoms with Gasteiger partial charge in [-0.15, -0.1) is 0 Å². The molecule has 0 atom stereocenters. The number of rotatable bonds is 0. The van der Waals surface area contributed by atoms with Crippen molar-refractivity contribution in [3.63, 3.8) is 0 Å². The molecule has 22 heavy (non-hydrogen) atoms. The average Bonchev–Trinajstić information content (AvgIpc) is 3.03. The van der Waals surface area contributed by atoms with E-state index in [9.17, 15) is 4.79 Å². The molecule has 0 N–H and O–H groups in total. The summed E-state index contributed by atoms with van der Waals surface area (Å²) in [5.74, 6) is 2.15. The molecule has 0 fully saturated rings. The number of halogens is 4. The number of carbonyl (C=O) groups excluding carboxylic acids is 1. The Hall–Kier alpha value is 0.630. The third-order valence-electron chi connectivity index (χ3n) is 3.76. The molecule has 0 radical (unpaired) electrons. The quantitative estimate of drug-likeness (QED) is 0.213. The smallest absolute Gasteiger partial charge is 0.315 e. The molecule has 112 valence electrons. The van der Waals surface area contributed by atoms with Crippen molar-refractivity contribution in [1.29, 1.82) is 0 Å². The van der Waals surface area contributed by atoms with E-state index >= 15 is 0 Å². The summed E-state index contributed by atoms with van der Waals surface area (Å²) in [5.41, 5.74) is 2.17. The molecule has 2 aliphatic rings. The summed E-state index contributed by atoms with van der Waals surface area (Å²) in [6.45, 7) is 3.97. The number of allylic oxidation sites excluding steroid dienone is 1.